The number of carbonyl (C=O) groups is 3. The highest BCUT2D eigenvalue weighted by Gasteiger charge is 2.50. The molecule has 29 heteroatoms. The molecule has 2 unspecified atom stereocenters. The number of aliphatic hydroxyl groups is 3. The third-order valence-corrected chi connectivity index (χ3v) is 15.0. The normalized spacial score (nSPS) is 20.3. The van der Waals surface area contributed by atoms with Gasteiger partial charge < -0.3 is 56.0 Å². The Balaban J connectivity index is 1.29. The fraction of sp³-hybridized carbons (Fsp3) is 0.756. The van der Waals surface area contributed by atoms with Crippen LogP contribution in [0.25, 0.3) is 11.2 Å². The van der Waals surface area contributed by atoms with Crippen LogP contribution in [-0.2, 0) is 50.7 Å². The van der Waals surface area contributed by atoms with E-state index in [1.807, 2.05) is 0 Å². The summed E-state index contributed by atoms with van der Waals surface area (Å²) in [6.07, 6.45) is 12.7. The van der Waals surface area contributed by atoms with Crippen LogP contribution in [0.4, 0.5) is 5.82 Å². The first-order valence-electron chi connectivity index (χ1n) is 23.3. The van der Waals surface area contributed by atoms with E-state index in [4.69, 9.17) is 19.5 Å². The van der Waals surface area contributed by atoms with Crippen LogP contribution in [0.15, 0.2) is 24.8 Å². The molecule has 0 radical (unpaired) electrons. The Labute approximate surface area is 411 Å². The number of nitrogens with zero attached hydrogens (tertiary/aromatic N) is 4. The van der Waals surface area contributed by atoms with E-state index in [9.17, 15) is 63.0 Å². The maximum absolute atomic E-state index is 12.8. The van der Waals surface area contributed by atoms with Crippen LogP contribution >= 0.6 is 35.2 Å². The topological polar surface area (TPSA) is 384 Å². The van der Waals surface area contributed by atoms with Crippen LogP contribution in [-0.4, -0.2) is 134 Å². The third kappa shape index (κ3) is 23.0. The van der Waals surface area contributed by atoms with Gasteiger partial charge in [0.25, 0.3) is 0 Å². The van der Waals surface area contributed by atoms with E-state index in [2.05, 4.69) is 53.5 Å². The smallest absolute Gasteiger partial charge is 0.393 e. The lowest BCUT2D eigenvalue weighted by molar-refractivity contribution is -0.137. The van der Waals surface area contributed by atoms with Gasteiger partial charge in [0.1, 0.15) is 36.3 Å². The van der Waals surface area contributed by atoms with Gasteiger partial charge in [-0.3, -0.25) is 32.5 Å². The number of hydrogen-bond donors (Lipinski definition) is 10. The minimum Gasteiger partial charge on any atom is -0.393 e. The molecule has 8 atom stereocenters. The molecule has 2 aromatic rings. The molecule has 2 amide bonds. The zero-order valence-electron chi connectivity index (χ0n) is 39.9. The molecule has 1 aliphatic heterocycles. The number of nitrogens with two attached hydrogens (primary N) is 1. The van der Waals surface area contributed by atoms with Crippen molar-refractivity contribution >= 4 is 69.1 Å². The van der Waals surface area contributed by atoms with Crippen molar-refractivity contribution in [2.45, 2.75) is 160 Å². The van der Waals surface area contributed by atoms with Gasteiger partial charge in [-0.15, -0.1) is 0 Å². The molecule has 0 saturated carbocycles. The first-order chi connectivity index (χ1) is 32.9. The Kier molecular flexibility index (Phi) is 26.8. The summed E-state index contributed by atoms with van der Waals surface area (Å²) < 4.78 is 62.4. The standard InChI is InChI=1S/C41H72N7O18P3S/c1-4-5-6-7-8-9-10-11-12-13-14-15-16-17-18-19-29(49)24-32(51)70-23-22-43-31(50)20-21-44-39(54)36(53)41(2,3)26-63-69(60,61)66-68(58,59)62-25-30-35(65-67(55,56)57)34(52)40(64-30)48-28-47-33-37(42)45-27-46-38(33)48/h9-10,27-30,34-36,40,49,52-53H,4-8,11-26H2,1-3H3,(H,43,50)(H,44,54)(H,58,59)(H,60,61)(H2,42,45,46)(H2,55,56,57)/b10-9-/t29-,30-,34-,35-,36+,40-/m1/s1. The fourth-order valence-corrected chi connectivity index (χ4v) is 10.7. The maximum atomic E-state index is 12.8. The van der Waals surface area contributed by atoms with E-state index in [0.717, 1.165) is 61.1 Å². The number of aliphatic hydroxyl groups excluding tert-OH is 3. The summed E-state index contributed by atoms with van der Waals surface area (Å²) in [7, 11) is -16.4. The average Bonchev–Trinajstić information content (AvgIpc) is 3.84. The van der Waals surface area contributed by atoms with Crippen molar-refractivity contribution in [1.29, 1.82) is 0 Å². The number of phosphoric acid groups is 3. The minimum atomic E-state index is -5.59. The summed E-state index contributed by atoms with van der Waals surface area (Å²) in [5, 5.41) is 36.6. The highest BCUT2D eigenvalue weighted by atomic mass is 32.2. The lowest BCUT2D eigenvalue weighted by Crippen LogP contribution is -2.46. The maximum Gasteiger partial charge on any atom is 0.481 e. The summed E-state index contributed by atoms with van der Waals surface area (Å²) in [5.74, 6) is -1.22. The van der Waals surface area contributed by atoms with Crippen molar-refractivity contribution in [3.05, 3.63) is 24.8 Å². The molecule has 400 valence electrons. The predicted octanol–water partition coefficient (Wildman–Crippen LogP) is 4.45. The van der Waals surface area contributed by atoms with E-state index >= 15 is 0 Å². The number of phosphoric ester groups is 3. The number of aromatic nitrogens is 4. The van der Waals surface area contributed by atoms with Crippen molar-refractivity contribution in [2.24, 2.45) is 5.41 Å². The molecule has 1 aliphatic rings. The van der Waals surface area contributed by atoms with E-state index in [0.29, 0.717) is 6.42 Å². The molecule has 2 aromatic heterocycles. The van der Waals surface area contributed by atoms with E-state index in [1.54, 1.807) is 0 Å². The number of thioether (sulfide) groups is 1. The van der Waals surface area contributed by atoms with Crippen LogP contribution in [0.1, 0.15) is 130 Å². The summed E-state index contributed by atoms with van der Waals surface area (Å²) in [4.78, 5) is 88.5. The van der Waals surface area contributed by atoms with Crippen molar-refractivity contribution in [3.63, 3.8) is 0 Å². The van der Waals surface area contributed by atoms with Crippen LogP contribution in [0, 0.1) is 5.41 Å². The Hall–Kier alpha value is -2.74. The molecule has 0 bridgehead atoms. The monoisotopic (exact) mass is 1080 g/mol. The number of imidazole rings is 1. The Morgan fingerprint density at radius 1 is 0.900 bits per heavy atom. The van der Waals surface area contributed by atoms with Crippen LogP contribution in [0.2, 0.25) is 0 Å². The van der Waals surface area contributed by atoms with Gasteiger partial charge >= 0.3 is 23.5 Å². The first kappa shape index (κ1) is 61.6. The molecule has 0 aromatic carbocycles. The van der Waals surface area contributed by atoms with Crippen LogP contribution in [0.3, 0.4) is 0 Å². The number of carbonyl (C=O) groups excluding carboxylic acids is 3. The van der Waals surface area contributed by atoms with Gasteiger partial charge in [-0.25, -0.2) is 28.6 Å². The highest BCUT2D eigenvalue weighted by Crippen LogP contribution is 2.61. The summed E-state index contributed by atoms with van der Waals surface area (Å²) in [6, 6.07) is 0. The molecule has 11 N–H and O–H groups in total. The second-order valence-corrected chi connectivity index (χ2v) is 22.9. The number of anilines is 1. The van der Waals surface area contributed by atoms with E-state index < -0.39 is 90.7 Å². The number of nitrogens with one attached hydrogen (secondary N) is 2. The second-order valence-electron chi connectivity index (χ2n) is 17.5. The minimum absolute atomic E-state index is 0.0205. The number of rotatable bonds is 36. The van der Waals surface area contributed by atoms with Crippen molar-refractivity contribution in [1.82, 2.24) is 30.2 Å². The van der Waals surface area contributed by atoms with Gasteiger partial charge in [0, 0.05) is 37.1 Å². The fourth-order valence-electron chi connectivity index (χ4n) is 7.10. The van der Waals surface area contributed by atoms with Crippen molar-refractivity contribution in [3.8, 4) is 0 Å². The predicted molar refractivity (Wildman–Crippen MR) is 257 cm³/mol. The number of amides is 2. The van der Waals surface area contributed by atoms with Crippen molar-refractivity contribution in [2.75, 3.05) is 37.8 Å². The quantitative estimate of drug-likeness (QED) is 0.0256. The first-order valence-corrected chi connectivity index (χ1v) is 28.8. The molecule has 70 heavy (non-hydrogen) atoms. The van der Waals surface area contributed by atoms with Gasteiger partial charge in [-0.2, -0.15) is 4.31 Å². The van der Waals surface area contributed by atoms with Gasteiger partial charge in [0.15, 0.2) is 22.8 Å². The number of unbranched alkanes of at least 4 members (excludes halogenated alkanes) is 11. The average molecular weight is 1080 g/mol. The molecular formula is C41H72N7O18P3S. The van der Waals surface area contributed by atoms with E-state index in [-0.39, 0.29) is 53.8 Å². The van der Waals surface area contributed by atoms with Crippen molar-refractivity contribution < 1.29 is 85.6 Å². The summed E-state index contributed by atoms with van der Waals surface area (Å²) in [6.45, 7) is 2.62. The number of allylic oxidation sites excluding steroid dienone is 2. The molecular weight excluding hydrogens is 1000 g/mol. The third-order valence-electron chi connectivity index (χ3n) is 11.0. The van der Waals surface area contributed by atoms with E-state index in [1.165, 1.54) is 65.2 Å². The number of hydrogen-bond acceptors (Lipinski definition) is 19. The molecule has 3 heterocycles. The molecule has 0 aliphatic carbocycles. The largest absolute Gasteiger partial charge is 0.481 e. The zero-order chi connectivity index (χ0) is 52.0. The molecule has 0 spiro atoms. The van der Waals surface area contributed by atoms with Gasteiger partial charge in [-0.05, 0) is 32.1 Å². The number of nitrogen functional groups attached to an aromatic ring is 1. The van der Waals surface area contributed by atoms with Gasteiger partial charge in [0.05, 0.1) is 25.6 Å². The lowest BCUT2D eigenvalue weighted by atomic mass is 9.87. The Morgan fingerprint density at radius 3 is 2.19 bits per heavy atom. The SMILES string of the molecule is CCCCCC/C=C\CCCCCCCCC[C@@H](O)CC(=O)SCCNC(=O)CCNC(=O)[C@H](O)C(C)(C)COP(=O)(O)OP(=O)(O)OC[C@H]1O[C@@H](n2cnc3c(N)ncnc32)[C@H](O)[C@@H]1OP(=O)(O)O. The summed E-state index contributed by atoms with van der Waals surface area (Å²) in [5.41, 5.74) is 4.26. The van der Waals surface area contributed by atoms with Gasteiger partial charge in [-0.1, -0.05) is 102 Å². The highest BCUT2D eigenvalue weighted by molar-refractivity contribution is 8.13. The zero-order valence-corrected chi connectivity index (χ0v) is 43.4. The second kappa shape index (κ2) is 30.5. The molecule has 1 fully saturated rings. The lowest BCUT2D eigenvalue weighted by Gasteiger charge is -2.30. The number of fused-ring (bicyclic) bond motifs is 1. The Morgan fingerprint density at radius 2 is 1.53 bits per heavy atom. The summed E-state index contributed by atoms with van der Waals surface area (Å²) >= 11 is 0.998. The molecule has 25 nitrogen and oxygen atoms in total. The van der Waals surface area contributed by atoms with Crippen LogP contribution in [0.5, 0.6) is 0 Å². The van der Waals surface area contributed by atoms with Crippen LogP contribution < -0.4 is 16.4 Å². The number of ether oxygens (including phenoxy) is 1. The Bertz CT molecular complexity index is 2120. The molecule has 3 rings (SSSR count). The molecule has 1 saturated heterocycles. The van der Waals surface area contributed by atoms with Gasteiger partial charge in [0.2, 0.25) is 11.8 Å².